The van der Waals surface area contributed by atoms with E-state index in [0.29, 0.717) is 19.4 Å². The molecule has 6 heteroatoms. The van der Waals surface area contributed by atoms with Crippen LogP contribution in [0, 0.1) is 0 Å². The number of carboxylic acids is 1. The summed E-state index contributed by atoms with van der Waals surface area (Å²) < 4.78 is 4.03. The molecular weight excluding hydrogens is 325 g/mol. The molecule has 92 valence electrons. The second kappa shape index (κ2) is 4.38. The minimum absolute atomic E-state index is 0.435. The largest absolute Gasteiger partial charge is 0.479 e. The van der Waals surface area contributed by atoms with Gasteiger partial charge in [-0.15, -0.1) is 0 Å². The topological polar surface area (TPSA) is 66.8 Å². The van der Waals surface area contributed by atoms with Crippen LogP contribution in [-0.2, 0) is 9.53 Å². The summed E-state index contributed by atoms with van der Waals surface area (Å²) in [5.74, 6) is -0.989. The van der Waals surface area contributed by atoms with E-state index in [1.54, 1.807) is 20.8 Å². The standard InChI is InChI=1S/C10H16INO4/c1-9(2,3)16-8(15)12-6-4-5-10(12,11)7(13)14/h4-6H2,1-3H3,(H,13,14). The average Bonchev–Trinajstić information content (AvgIpc) is 2.45. The molecule has 0 spiro atoms. The van der Waals surface area contributed by atoms with Gasteiger partial charge in [0.25, 0.3) is 0 Å². The normalized spacial score (nSPS) is 25.6. The van der Waals surface area contributed by atoms with Crippen LogP contribution in [0.1, 0.15) is 33.6 Å². The van der Waals surface area contributed by atoms with Crippen LogP contribution >= 0.6 is 22.6 Å². The number of alkyl halides is 1. The van der Waals surface area contributed by atoms with E-state index >= 15 is 0 Å². The molecule has 1 atom stereocenters. The number of ether oxygens (including phenoxy) is 1. The van der Waals surface area contributed by atoms with Crippen LogP contribution in [0.4, 0.5) is 4.79 Å². The molecule has 1 aliphatic rings. The quantitative estimate of drug-likeness (QED) is 0.451. The van der Waals surface area contributed by atoms with Crippen molar-refractivity contribution in [2.24, 2.45) is 0 Å². The zero-order valence-corrected chi connectivity index (χ0v) is 11.8. The summed E-state index contributed by atoms with van der Waals surface area (Å²) >= 11 is 1.81. The average molecular weight is 341 g/mol. The highest BCUT2D eigenvalue weighted by atomic mass is 127. The van der Waals surface area contributed by atoms with Crippen LogP contribution in [-0.4, -0.2) is 37.8 Å². The fourth-order valence-corrected chi connectivity index (χ4v) is 2.38. The number of hydrogen-bond donors (Lipinski definition) is 1. The van der Waals surface area contributed by atoms with Crippen LogP contribution in [0.5, 0.6) is 0 Å². The van der Waals surface area contributed by atoms with Gasteiger partial charge in [-0.2, -0.15) is 0 Å². The second-order valence-corrected chi connectivity index (χ2v) is 6.58. The minimum Gasteiger partial charge on any atom is -0.479 e. The molecule has 0 aromatic carbocycles. The van der Waals surface area contributed by atoms with E-state index < -0.39 is 21.2 Å². The summed E-state index contributed by atoms with van der Waals surface area (Å²) in [6.07, 6.45) is 0.596. The first kappa shape index (κ1) is 13.5. The lowest BCUT2D eigenvalue weighted by molar-refractivity contribution is -0.142. The van der Waals surface area contributed by atoms with Crippen molar-refractivity contribution in [2.45, 2.75) is 42.8 Å². The lowest BCUT2D eigenvalue weighted by Gasteiger charge is -2.31. The molecule has 1 unspecified atom stereocenters. The molecule has 1 fully saturated rings. The van der Waals surface area contributed by atoms with Gasteiger partial charge in [-0.05, 0) is 56.2 Å². The smallest absolute Gasteiger partial charge is 0.411 e. The Kier molecular flexibility index (Phi) is 3.71. The fraction of sp³-hybridized carbons (Fsp3) is 0.800. The number of rotatable bonds is 1. The van der Waals surface area contributed by atoms with Gasteiger partial charge in [-0.25, -0.2) is 9.59 Å². The summed E-state index contributed by atoms with van der Waals surface area (Å²) in [6, 6.07) is 0. The van der Waals surface area contributed by atoms with Gasteiger partial charge in [0, 0.05) is 6.54 Å². The Balaban J connectivity index is 2.80. The van der Waals surface area contributed by atoms with E-state index in [2.05, 4.69) is 0 Å². The highest BCUT2D eigenvalue weighted by Crippen LogP contribution is 2.36. The highest BCUT2D eigenvalue weighted by Gasteiger charge is 2.49. The van der Waals surface area contributed by atoms with Gasteiger partial charge in [0.1, 0.15) is 5.60 Å². The van der Waals surface area contributed by atoms with Crippen molar-refractivity contribution in [1.29, 1.82) is 0 Å². The molecule has 1 saturated heterocycles. The maximum Gasteiger partial charge on any atom is 0.411 e. The number of carboxylic acid groups (broad SMARTS) is 1. The number of likely N-dealkylation sites (tertiary alicyclic amines) is 1. The minimum atomic E-state index is -1.15. The van der Waals surface area contributed by atoms with Crippen molar-refractivity contribution in [2.75, 3.05) is 6.54 Å². The molecule has 0 saturated carbocycles. The van der Waals surface area contributed by atoms with Crippen LogP contribution < -0.4 is 0 Å². The zero-order chi connectivity index (χ0) is 12.6. The first-order valence-corrected chi connectivity index (χ1v) is 6.17. The molecule has 0 aromatic rings. The van der Waals surface area contributed by atoms with Crippen LogP contribution in [0.15, 0.2) is 0 Å². The molecule has 0 radical (unpaired) electrons. The molecular formula is C10H16INO4. The second-order valence-electron chi connectivity index (χ2n) is 4.80. The number of aliphatic carboxylic acids is 1. The Morgan fingerprint density at radius 2 is 2.00 bits per heavy atom. The molecule has 1 heterocycles. The fourth-order valence-electron chi connectivity index (χ4n) is 1.56. The zero-order valence-electron chi connectivity index (χ0n) is 9.62. The lowest BCUT2D eigenvalue weighted by Crippen LogP contribution is -2.49. The first-order valence-electron chi connectivity index (χ1n) is 5.10. The first-order chi connectivity index (χ1) is 7.17. The molecule has 5 nitrogen and oxygen atoms in total. The van der Waals surface area contributed by atoms with E-state index in [9.17, 15) is 9.59 Å². The number of carbonyl (C=O) groups is 2. The van der Waals surface area contributed by atoms with Gasteiger partial charge < -0.3 is 9.84 Å². The summed E-state index contributed by atoms with van der Waals surface area (Å²) in [7, 11) is 0. The Morgan fingerprint density at radius 3 is 2.44 bits per heavy atom. The van der Waals surface area contributed by atoms with Gasteiger partial charge in [0.15, 0.2) is 3.55 Å². The van der Waals surface area contributed by atoms with Gasteiger partial charge >= 0.3 is 12.1 Å². The summed E-state index contributed by atoms with van der Waals surface area (Å²) in [5.41, 5.74) is -0.601. The summed E-state index contributed by atoms with van der Waals surface area (Å²) in [4.78, 5) is 24.3. The van der Waals surface area contributed by atoms with E-state index in [4.69, 9.17) is 9.84 Å². The number of hydrogen-bond acceptors (Lipinski definition) is 3. The van der Waals surface area contributed by atoms with Crippen LogP contribution in [0.3, 0.4) is 0 Å². The van der Waals surface area contributed by atoms with Crippen LogP contribution in [0.25, 0.3) is 0 Å². The third kappa shape index (κ3) is 2.78. The molecule has 1 rings (SSSR count). The Bertz CT molecular complexity index is 312. The third-order valence-electron chi connectivity index (χ3n) is 2.26. The predicted octanol–water partition coefficient (Wildman–Crippen LogP) is 2.23. The van der Waals surface area contributed by atoms with Crippen molar-refractivity contribution < 1.29 is 19.4 Å². The van der Waals surface area contributed by atoms with Gasteiger partial charge in [-0.1, -0.05) is 0 Å². The summed E-state index contributed by atoms with van der Waals surface area (Å²) in [6.45, 7) is 5.72. The van der Waals surface area contributed by atoms with E-state index in [0.717, 1.165) is 0 Å². The number of nitrogens with zero attached hydrogens (tertiary/aromatic N) is 1. The van der Waals surface area contributed by atoms with Gasteiger partial charge in [-0.3, -0.25) is 4.90 Å². The molecule has 0 aliphatic carbocycles. The van der Waals surface area contributed by atoms with Crippen molar-refractivity contribution in [1.82, 2.24) is 4.90 Å². The lowest BCUT2D eigenvalue weighted by atomic mass is 10.2. The van der Waals surface area contributed by atoms with E-state index in [1.165, 1.54) is 4.90 Å². The van der Waals surface area contributed by atoms with Crippen LogP contribution in [0.2, 0.25) is 0 Å². The monoisotopic (exact) mass is 341 g/mol. The Morgan fingerprint density at radius 1 is 1.44 bits per heavy atom. The van der Waals surface area contributed by atoms with Crippen molar-refractivity contribution in [3.05, 3.63) is 0 Å². The van der Waals surface area contributed by atoms with Crippen molar-refractivity contribution in [3.8, 4) is 0 Å². The molecule has 1 aliphatic heterocycles. The molecule has 0 aromatic heterocycles. The van der Waals surface area contributed by atoms with Crippen molar-refractivity contribution >= 4 is 34.7 Å². The molecule has 1 N–H and O–H groups in total. The Labute approximate surface area is 108 Å². The van der Waals surface area contributed by atoms with Gasteiger partial charge in [0.2, 0.25) is 0 Å². The predicted molar refractivity (Wildman–Crippen MR) is 66.6 cm³/mol. The molecule has 0 bridgehead atoms. The molecule has 1 amide bonds. The number of amides is 1. The Hall–Kier alpha value is -0.530. The van der Waals surface area contributed by atoms with Gasteiger partial charge in [0.05, 0.1) is 0 Å². The number of carbonyl (C=O) groups excluding carboxylic acids is 1. The van der Waals surface area contributed by atoms with E-state index in [-0.39, 0.29) is 0 Å². The number of halogens is 1. The molecule has 16 heavy (non-hydrogen) atoms. The third-order valence-corrected chi connectivity index (χ3v) is 3.84. The SMILES string of the molecule is CC(C)(C)OC(=O)N1CCCC1(I)C(=O)O. The maximum absolute atomic E-state index is 11.8. The van der Waals surface area contributed by atoms with Crippen molar-refractivity contribution in [3.63, 3.8) is 0 Å². The van der Waals surface area contributed by atoms with E-state index in [1.807, 2.05) is 22.6 Å². The maximum atomic E-state index is 11.8. The highest BCUT2D eigenvalue weighted by molar-refractivity contribution is 14.1. The summed E-state index contributed by atoms with van der Waals surface area (Å²) in [5, 5.41) is 9.13.